The van der Waals surface area contributed by atoms with Crippen LogP contribution in [0.25, 0.3) is 0 Å². The van der Waals surface area contributed by atoms with E-state index in [0.717, 1.165) is 11.1 Å². The third-order valence-electron chi connectivity index (χ3n) is 2.48. The highest BCUT2D eigenvalue weighted by Crippen LogP contribution is 2.07. The lowest BCUT2D eigenvalue weighted by molar-refractivity contribution is 0.0600. The quantitative estimate of drug-likeness (QED) is 0.758. The van der Waals surface area contributed by atoms with Gasteiger partial charge >= 0.3 is 5.97 Å². The van der Waals surface area contributed by atoms with E-state index in [0.29, 0.717) is 12.1 Å². The number of rotatable bonds is 3. The molecule has 17 heavy (non-hydrogen) atoms. The zero-order valence-corrected chi connectivity index (χ0v) is 9.88. The number of methoxy groups -OCH3 is 1. The Morgan fingerprint density at radius 1 is 1.35 bits per heavy atom. The fourth-order valence-electron chi connectivity index (χ4n) is 1.60. The number of esters is 1. The molecule has 0 saturated carbocycles. The summed E-state index contributed by atoms with van der Waals surface area (Å²) in [7, 11) is 1.38. The van der Waals surface area contributed by atoms with Crippen molar-refractivity contribution in [2.24, 2.45) is 0 Å². The minimum absolute atomic E-state index is 0.313. The Balaban J connectivity index is 2.10. The van der Waals surface area contributed by atoms with Gasteiger partial charge in [0.05, 0.1) is 25.4 Å². The third kappa shape index (κ3) is 2.72. The Bertz CT molecular complexity index is 514. The molecule has 1 heterocycles. The summed E-state index contributed by atoms with van der Waals surface area (Å²) in [6, 6.07) is 7.33. The summed E-state index contributed by atoms with van der Waals surface area (Å²) in [5, 5.41) is 4.21. The first-order valence-corrected chi connectivity index (χ1v) is 5.35. The van der Waals surface area contributed by atoms with Crippen molar-refractivity contribution in [1.82, 2.24) is 9.78 Å². The SMILES string of the molecule is COC(=O)c1ccc(Cn2cc(C)cn2)cc1. The van der Waals surface area contributed by atoms with Gasteiger partial charge in [-0.2, -0.15) is 5.10 Å². The first kappa shape index (κ1) is 11.4. The van der Waals surface area contributed by atoms with Crippen LogP contribution in [0.5, 0.6) is 0 Å². The van der Waals surface area contributed by atoms with E-state index in [1.165, 1.54) is 7.11 Å². The predicted octanol–water partition coefficient (Wildman–Crippen LogP) is 2.03. The molecule has 4 heteroatoms. The second-order valence-electron chi connectivity index (χ2n) is 3.90. The number of ether oxygens (including phenoxy) is 1. The maximum Gasteiger partial charge on any atom is 0.337 e. The van der Waals surface area contributed by atoms with E-state index in [-0.39, 0.29) is 5.97 Å². The van der Waals surface area contributed by atoms with Crippen LogP contribution in [0.2, 0.25) is 0 Å². The molecular weight excluding hydrogens is 216 g/mol. The topological polar surface area (TPSA) is 44.1 Å². The van der Waals surface area contributed by atoms with Crippen LogP contribution in [0.1, 0.15) is 21.5 Å². The number of nitrogens with zero attached hydrogens (tertiary/aromatic N) is 2. The van der Waals surface area contributed by atoms with Crippen LogP contribution in [-0.2, 0) is 11.3 Å². The average Bonchev–Trinajstić information content (AvgIpc) is 2.75. The smallest absolute Gasteiger partial charge is 0.337 e. The number of hydrogen-bond acceptors (Lipinski definition) is 3. The van der Waals surface area contributed by atoms with Crippen molar-refractivity contribution < 1.29 is 9.53 Å². The van der Waals surface area contributed by atoms with Gasteiger partial charge in [0, 0.05) is 6.20 Å². The third-order valence-corrected chi connectivity index (χ3v) is 2.48. The molecule has 0 aliphatic rings. The van der Waals surface area contributed by atoms with Crippen molar-refractivity contribution >= 4 is 5.97 Å². The largest absolute Gasteiger partial charge is 0.465 e. The van der Waals surface area contributed by atoms with Crippen molar-refractivity contribution in [3.63, 3.8) is 0 Å². The lowest BCUT2D eigenvalue weighted by atomic mass is 10.1. The number of aromatic nitrogens is 2. The minimum atomic E-state index is -0.313. The lowest BCUT2D eigenvalue weighted by Crippen LogP contribution is -2.03. The molecule has 0 aliphatic heterocycles. The highest BCUT2D eigenvalue weighted by Gasteiger charge is 2.04. The zero-order valence-electron chi connectivity index (χ0n) is 9.88. The molecule has 2 rings (SSSR count). The number of carbonyl (C=O) groups is 1. The van der Waals surface area contributed by atoms with Crippen molar-refractivity contribution in [3.05, 3.63) is 53.3 Å². The molecule has 0 atom stereocenters. The van der Waals surface area contributed by atoms with E-state index < -0.39 is 0 Å². The molecule has 2 aromatic rings. The van der Waals surface area contributed by atoms with Gasteiger partial charge in [0.2, 0.25) is 0 Å². The van der Waals surface area contributed by atoms with E-state index in [2.05, 4.69) is 9.84 Å². The summed E-state index contributed by atoms with van der Waals surface area (Å²) in [6.07, 6.45) is 3.80. The Hall–Kier alpha value is -2.10. The van der Waals surface area contributed by atoms with E-state index in [1.54, 1.807) is 12.1 Å². The molecule has 88 valence electrons. The zero-order chi connectivity index (χ0) is 12.3. The molecule has 0 saturated heterocycles. The monoisotopic (exact) mass is 230 g/mol. The van der Waals surface area contributed by atoms with E-state index in [9.17, 15) is 4.79 Å². The molecular formula is C13H14N2O2. The van der Waals surface area contributed by atoms with Gasteiger partial charge in [-0.25, -0.2) is 4.79 Å². The summed E-state index contributed by atoms with van der Waals surface area (Å²) in [4.78, 5) is 11.2. The number of hydrogen-bond donors (Lipinski definition) is 0. The molecule has 4 nitrogen and oxygen atoms in total. The van der Waals surface area contributed by atoms with Crippen LogP contribution in [0.4, 0.5) is 0 Å². The van der Waals surface area contributed by atoms with Crippen LogP contribution >= 0.6 is 0 Å². The van der Waals surface area contributed by atoms with E-state index in [1.807, 2.05) is 36.1 Å². The van der Waals surface area contributed by atoms with Crippen LogP contribution in [0.15, 0.2) is 36.7 Å². The summed E-state index contributed by atoms with van der Waals surface area (Å²) in [5.74, 6) is -0.313. The fourth-order valence-corrected chi connectivity index (χ4v) is 1.60. The highest BCUT2D eigenvalue weighted by atomic mass is 16.5. The van der Waals surface area contributed by atoms with E-state index >= 15 is 0 Å². The Labute approximate surface area is 99.8 Å². The van der Waals surface area contributed by atoms with Gasteiger partial charge in [-0.1, -0.05) is 12.1 Å². The number of carbonyl (C=O) groups excluding carboxylic acids is 1. The molecule has 1 aromatic carbocycles. The average molecular weight is 230 g/mol. The molecule has 0 bridgehead atoms. The van der Waals surface area contributed by atoms with Crippen LogP contribution in [0, 0.1) is 6.92 Å². The van der Waals surface area contributed by atoms with Gasteiger partial charge < -0.3 is 4.74 Å². The molecule has 0 aliphatic carbocycles. The maximum absolute atomic E-state index is 11.2. The van der Waals surface area contributed by atoms with Crippen molar-refractivity contribution in [1.29, 1.82) is 0 Å². The standard InChI is InChI=1S/C13H14N2O2/c1-10-7-14-15(8-10)9-11-3-5-12(6-4-11)13(16)17-2/h3-8H,9H2,1-2H3. The summed E-state index contributed by atoms with van der Waals surface area (Å²) >= 11 is 0. The normalized spacial score (nSPS) is 10.2. The summed E-state index contributed by atoms with van der Waals surface area (Å²) in [6.45, 7) is 2.71. The van der Waals surface area contributed by atoms with Gasteiger partial charge in [-0.3, -0.25) is 4.68 Å². The molecule has 0 radical (unpaired) electrons. The van der Waals surface area contributed by atoms with Crippen molar-refractivity contribution in [2.75, 3.05) is 7.11 Å². The molecule has 0 spiro atoms. The lowest BCUT2D eigenvalue weighted by Gasteiger charge is -2.03. The van der Waals surface area contributed by atoms with Crippen LogP contribution < -0.4 is 0 Å². The van der Waals surface area contributed by atoms with Gasteiger partial charge in [0.1, 0.15) is 0 Å². The van der Waals surface area contributed by atoms with Gasteiger partial charge in [-0.05, 0) is 30.2 Å². The summed E-state index contributed by atoms with van der Waals surface area (Å²) in [5.41, 5.74) is 2.80. The van der Waals surface area contributed by atoms with Gasteiger partial charge in [0.25, 0.3) is 0 Å². The van der Waals surface area contributed by atoms with Crippen LogP contribution in [-0.4, -0.2) is 22.9 Å². The first-order valence-electron chi connectivity index (χ1n) is 5.35. The van der Waals surface area contributed by atoms with Gasteiger partial charge in [0.15, 0.2) is 0 Å². The second-order valence-corrected chi connectivity index (χ2v) is 3.90. The van der Waals surface area contributed by atoms with Crippen molar-refractivity contribution in [3.8, 4) is 0 Å². The first-order chi connectivity index (χ1) is 8.19. The second kappa shape index (κ2) is 4.82. The fraction of sp³-hybridized carbons (Fsp3) is 0.231. The van der Waals surface area contributed by atoms with Gasteiger partial charge in [-0.15, -0.1) is 0 Å². The van der Waals surface area contributed by atoms with E-state index in [4.69, 9.17) is 0 Å². The molecule has 0 fully saturated rings. The molecule has 0 unspecified atom stereocenters. The minimum Gasteiger partial charge on any atom is -0.465 e. The Morgan fingerprint density at radius 2 is 2.06 bits per heavy atom. The molecule has 0 amide bonds. The summed E-state index contributed by atoms with van der Waals surface area (Å²) < 4.78 is 6.50. The predicted molar refractivity (Wildman–Crippen MR) is 63.8 cm³/mol. The maximum atomic E-state index is 11.2. The molecule has 1 aromatic heterocycles. The highest BCUT2D eigenvalue weighted by molar-refractivity contribution is 5.89. The number of aryl methyl sites for hydroxylation is 1. The Kier molecular flexibility index (Phi) is 3.23. The van der Waals surface area contributed by atoms with Crippen LogP contribution in [0.3, 0.4) is 0 Å². The Morgan fingerprint density at radius 3 is 2.59 bits per heavy atom. The number of benzene rings is 1. The molecule has 0 N–H and O–H groups in total. The van der Waals surface area contributed by atoms with Crippen molar-refractivity contribution in [2.45, 2.75) is 13.5 Å².